The Hall–Kier alpha value is -6.18. The Balaban J connectivity index is 1.19. The minimum Gasteiger partial charge on any atom is -0.314 e. The molecule has 0 saturated heterocycles. The van der Waals surface area contributed by atoms with E-state index < -0.39 is 0 Å². The number of hydrogen-bond donors (Lipinski definition) is 0. The number of rotatable bonds is 6. The number of fused-ring (bicyclic) bond motifs is 5. The normalized spacial score (nSPS) is 15.7. The Morgan fingerprint density at radius 1 is 0.537 bits per heavy atom. The summed E-state index contributed by atoms with van der Waals surface area (Å²) < 4.78 is 0. The monoisotopic (exact) mass is 693 g/mol. The maximum absolute atomic E-state index is 2.52. The second kappa shape index (κ2) is 13.0. The summed E-state index contributed by atoms with van der Waals surface area (Å²) in [6.45, 7) is 4.77. The summed E-state index contributed by atoms with van der Waals surface area (Å²) in [6.07, 6.45) is 15.8. The van der Waals surface area contributed by atoms with Gasteiger partial charge in [0.25, 0.3) is 0 Å². The molecule has 260 valence electrons. The van der Waals surface area contributed by atoms with Crippen LogP contribution in [-0.4, -0.2) is 0 Å². The van der Waals surface area contributed by atoms with Crippen molar-refractivity contribution in [2.75, 3.05) is 4.90 Å². The minimum atomic E-state index is -0.0908. The highest BCUT2D eigenvalue weighted by atomic mass is 15.1. The second-order valence-electron chi connectivity index (χ2n) is 15.5. The van der Waals surface area contributed by atoms with Gasteiger partial charge in [0.2, 0.25) is 0 Å². The highest BCUT2D eigenvalue weighted by molar-refractivity contribution is 6.15. The third kappa shape index (κ3) is 5.30. The predicted octanol–water partition coefficient (Wildman–Crippen LogP) is 14.6. The summed E-state index contributed by atoms with van der Waals surface area (Å²) in [5.41, 5.74) is 17.0. The molecule has 7 aromatic carbocycles. The van der Waals surface area contributed by atoms with Gasteiger partial charge in [0.05, 0.1) is 5.69 Å². The lowest BCUT2D eigenvalue weighted by Crippen LogP contribution is -2.18. The van der Waals surface area contributed by atoms with Gasteiger partial charge in [-0.05, 0) is 128 Å². The van der Waals surface area contributed by atoms with E-state index in [1.165, 1.54) is 94.3 Å². The molecule has 7 aromatic rings. The number of benzene rings is 7. The molecule has 0 spiro atoms. The Kier molecular flexibility index (Phi) is 7.84. The first-order valence-electron chi connectivity index (χ1n) is 19.5. The van der Waals surface area contributed by atoms with Crippen molar-refractivity contribution in [2.45, 2.75) is 44.9 Å². The molecule has 0 N–H and O–H groups in total. The van der Waals surface area contributed by atoms with Crippen LogP contribution >= 0.6 is 0 Å². The molecule has 0 radical (unpaired) electrons. The molecule has 3 aliphatic rings. The van der Waals surface area contributed by atoms with Crippen LogP contribution in [0.3, 0.4) is 0 Å². The standard InChI is InChI=1S/C53H43N/c1-53(2)48-24-14-13-23-47(48)52-49(53)35-40-19-9-10-20-43(40)51(52)46-33-34-50(45-22-12-11-21-44(45)46)54(41-29-25-38(26-30-41)36-15-5-3-6-16-36)42-31-27-39(28-32-42)37-17-7-4-8-18-37/h3,5-7,9-25,27-29,31-35H,4,8,26,30H2,1-2H3. The zero-order chi connectivity index (χ0) is 36.2. The van der Waals surface area contributed by atoms with E-state index >= 15 is 0 Å². The van der Waals surface area contributed by atoms with E-state index in [4.69, 9.17) is 0 Å². The molecule has 0 amide bonds. The smallest absolute Gasteiger partial charge is 0.0537 e. The van der Waals surface area contributed by atoms with Crippen LogP contribution in [-0.2, 0) is 5.41 Å². The lowest BCUT2D eigenvalue weighted by Gasteiger charge is -2.31. The first-order chi connectivity index (χ1) is 26.6. The highest BCUT2D eigenvalue weighted by Crippen LogP contribution is 2.55. The van der Waals surface area contributed by atoms with E-state index in [9.17, 15) is 0 Å². The summed E-state index contributed by atoms with van der Waals surface area (Å²) in [5, 5.41) is 5.11. The molecular weight excluding hydrogens is 651 g/mol. The van der Waals surface area contributed by atoms with Crippen molar-refractivity contribution in [2.24, 2.45) is 0 Å². The van der Waals surface area contributed by atoms with E-state index in [0.717, 1.165) is 25.7 Å². The fraction of sp³-hybridized carbons (Fsp3) is 0.132. The molecule has 1 nitrogen and oxygen atoms in total. The van der Waals surface area contributed by atoms with Crippen molar-refractivity contribution in [3.05, 3.63) is 204 Å². The molecule has 54 heavy (non-hydrogen) atoms. The molecule has 0 bridgehead atoms. The molecule has 0 aromatic heterocycles. The third-order valence-electron chi connectivity index (χ3n) is 12.0. The van der Waals surface area contributed by atoms with Gasteiger partial charge >= 0.3 is 0 Å². The molecule has 0 atom stereocenters. The topological polar surface area (TPSA) is 3.24 Å². The van der Waals surface area contributed by atoms with E-state index in [1.54, 1.807) is 0 Å². The first kappa shape index (κ1) is 32.5. The van der Waals surface area contributed by atoms with E-state index in [-0.39, 0.29) is 5.41 Å². The van der Waals surface area contributed by atoms with Crippen molar-refractivity contribution in [3.63, 3.8) is 0 Å². The van der Waals surface area contributed by atoms with Crippen LogP contribution in [0.4, 0.5) is 11.4 Å². The maximum Gasteiger partial charge on any atom is 0.0537 e. The molecule has 0 unspecified atom stereocenters. The van der Waals surface area contributed by atoms with Gasteiger partial charge in [-0.2, -0.15) is 0 Å². The lowest BCUT2D eigenvalue weighted by atomic mass is 9.80. The molecule has 0 fully saturated rings. The van der Waals surface area contributed by atoms with Crippen molar-refractivity contribution >= 4 is 44.1 Å². The van der Waals surface area contributed by atoms with Gasteiger partial charge < -0.3 is 4.90 Å². The fourth-order valence-corrected chi connectivity index (χ4v) is 9.28. The second-order valence-corrected chi connectivity index (χ2v) is 15.5. The van der Waals surface area contributed by atoms with Crippen molar-refractivity contribution in [3.8, 4) is 22.3 Å². The summed E-state index contributed by atoms with van der Waals surface area (Å²) >= 11 is 0. The van der Waals surface area contributed by atoms with Crippen LogP contribution < -0.4 is 4.90 Å². The molecule has 3 aliphatic carbocycles. The number of allylic oxidation sites excluding steroid dienone is 8. The molecule has 10 rings (SSSR count). The number of hydrogen-bond acceptors (Lipinski definition) is 1. The average molecular weight is 694 g/mol. The molecule has 0 saturated carbocycles. The number of anilines is 2. The zero-order valence-electron chi connectivity index (χ0n) is 31.0. The van der Waals surface area contributed by atoms with Crippen molar-refractivity contribution < 1.29 is 0 Å². The van der Waals surface area contributed by atoms with Gasteiger partial charge in [-0.15, -0.1) is 0 Å². The molecule has 0 aliphatic heterocycles. The molecular formula is C53H43N. The van der Waals surface area contributed by atoms with Crippen LogP contribution in [0.15, 0.2) is 182 Å². The largest absolute Gasteiger partial charge is 0.314 e. The molecule has 1 heteroatoms. The zero-order valence-corrected chi connectivity index (χ0v) is 31.0. The van der Waals surface area contributed by atoms with E-state index in [2.05, 4.69) is 195 Å². The summed E-state index contributed by atoms with van der Waals surface area (Å²) in [6, 6.07) is 54.4. The van der Waals surface area contributed by atoms with E-state index in [0.29, 0.717) is 0 Å². The molecule has 0 heterocycles. The van der Waals surface area contributed by atoms with Crippen molar-refractivity contribution in [1.82, 2.24) is 0 Å². The third-order valence-corrected chi connectivity index (χ3v) is 12.0. The van der Waals surface area contributed by atoms with Crippen LogP contribution in [0.2, 0.25) is 0 Å². The lowest BCUT2D eigenvalue weighted by molar-refractivity contribution is 0.661. The summed E-state index contributed by atoms with van der Waals surface area (Å²) in [5.74, 6) is 0. The van der Waals surface area contributed by atoms with Crippen LogP contribution in [0.5, 0.6) is 0 Å². The first-order valence-corrected chi connectivity index (χ1v) is 19.5. The number of nitrogens with zero attached hydrogens (tertiary/aromatic N) is 1. The van der Waals surface area contributed by atoms with Crippen molar-refractivity contribution in [1.29, 1.82) is 0 Å². The van der Waals surface area contributed by atoms with Gasteiger partial charge in [0, 0.05) is 22.2 Å². The highest BCUT2D eigenvalue weighted by Gasteiger charge is 2.38. The van der Waals surface area contributed by atoms with Crippen LogP contribution in [0.1, 0.15) is 61.8 Å². The average Bonchev–Trinajstić information content (AvgIpc) is 3.46. The SMILES string of the molecule is CC1(C)c2ccccc2-c2c1cc1ccccc1c2-c1ccc(N(C2=CC=C(c3ccccc3)CC2)c2ccc(C3=CCCC=C3)cc2)c2ccccc12. The Labute approximate surface area is 318 Å². The fourth-order valence-electron chi connectivity index (χ4n) is 9.28. The van der Waals surface area contributed by atoms with Crippen LogP contribution in [0.25, 0.3) is 54.9 Å². The van der Waals surface area contributed by atoms with Gasteiger partial charge in [-0.25, -0.2) is 0 Å². The van der Waals surface area contributed by atoms with Crippen LogP contribution in [0, 0.1) is 0 Å². The van der Waals surface area contributed by atoms with Gasteiger partial charge in [-0.3, -0.25) is 0 Å². The summed E-state index contributed by atoms with van der Waals surface area (Å²) in [4.78, 5) is 2.52. The maximum atomic E-state index is 2.52. The Morgan fingerprint density at radius 2 is 1.28 bits per heavy atom. The Morgan fingerprint density at radius 3 is 2.06 bits per heavy atom. The summed E-state index contributed by atoms with van der Waals surface area (Å²) in [7, 11) is 0. The van der Waals surface area contributed by atoms with E-state index in [1.807, 2.05) is 0 Å². The van der Waals surface area contributed by atoms with Gasteiger partial charge in [-0.1, -0.05) is 159 Å². The van der Waals surface area contributed by atoms with Gasteiger partial charge in [0.15, 0.2) is 0 Å². The quantitative estimate of drug-likeness (QED) is 0.168. The van der Waals surface area contributed by atoms with Gasteiger partial charge in [0.1, 0.15) is 0 Å². The Bertz CT molecular complexity index is 2720. The minimum absolute atomic E-state index is 0.0908. The predicted molar refractivity (Wildman–Crippen MR) is 231 cm³/mol.